The number of hydrogen-bond acceptors (Lipinski definition) is 5. The molecule has 0 heterocycles. The zero-order chi connectivity index (χ0) is 45.1. The Morgan fingerprint density at radius 2 is 0.661 bits per heavy atom. The van der Waals surface area contributed by atoms with Crippen molar-refractivity contribution in [2.75, 3.05) is 13.2 Å². The van der Waals surface area contributed by atoms with Crippen molar-refractivity contribution in [3.8, 4) is 0 Å². The van der Waals surface area contributed by atoms with Crippen molar-refractivity contribution < 1.29 is 24.5 Å². The van der Waals surface area contributed by atoms with Gasteiger partial charge in [-0.2, -0.15) is 0 Å². The molecule has 0 aliphatic rings. The molecule has 0 bridgehead atoms. The van der Waals surface area contributed by atoms with Gasteiger partial charge in [0.05, 0.1) is 25.4 Å². The lowest BCUT2D eigenvalue weighted by molar-refractivity contribution is -0.143. The minimum absolute atomic E-state index is 0.00422. The molecule has 0 radical (unpaired) electrons. The number of carbonyl (C=O) groups is 2. The van der Waals surface area contributed by atoms with Crippen LogP contribution in [0.25, 0.3) is 0 Å². The second-order valence-electron chi connectivity index (χ2n) is 19.6. The van der Waals surface area contributed by atoms with Crippen LogP contribution in [0.3, 0.4) is 0 Å². The lowest BCUT2D eigenvalue weighted by Crippen LogP contribution is -2.45. The second-order valence-corrected chi connectivity index (χ2v) is 19.6. The van der Waals surface area contributed by atoms with Gasteiger partial charge < -0.3 is 20.3 Å². The van der Waals surface area contributed by atoms with Crippen LogP contribution in [0.5, 0.6) is 0 Å². The van der Waals surface area contributed by atoms with Gasteiger partial charge in [-0.05, 0) is 25.7 Å². The molecule has 3 N–H and O–H groups in total. The molecule has 0 aromatic rings. The largest absolute Gasteiger partial charge is 0.466 e. The first-order chi connectivity index (χ1) is 30.5. The van der Waals surface area contributed by atoms with Gasteiger partial charge in [0.1, 0.15) is 0 Å². The summed E-state index contributed by atoms with van der Waals surface area (Å²) in [5.74, 6) is -0.0515. The Morgan fingerprint density at radius 1 is 0.387 bits per heavy atom. The summed E-state index contributed by atoms with van der Waals surface area (Å²) in [6.45, 7) is 4.95. The van der Waals surface area contributed by atoms with Gasteiger partial charge in [-0.3, -0.25) is 9.59 Å². The van der Waals surface area contributed by atoms with Crippen molar-refractivity contribution in [3.63, 3.8) is 0 Å². The summed E-state index contributed by atoms with van der Waals surface area (Å²) >= 11 is 0. The highest BCUT2D eigenvalue weighted by atomic mass is 16.5. The van der Waals surface area contributed by atoms with Crippen LogP contribution in [-0.4, -0.2) is 47.4 Å². The number of hydrogen-bond donors (Lipinski definition) is 3. The van der Waals surface area contributed by atoms with E-state index in [2.05, 4.69) is 19.2 Å². The van der Waals surface area contributed by atoms with Crippen molar-refractivity contribution in [1.82, 2.24) is 5.32 Å². The normalized spacial score (nSPS) is 12.5. The zero-order valence-electron chi connectivity index (χ0n) is 42.1. The molecule has 0 aliphatic heterocycles. The summed E-state index contributed by atoms with van der Waals surface area (Å²) < 4.78 is 5.48. The maximum absolute atomic E-state index is 12.5. The number of ether oxygens (including phenoxy) is 1. The van der Waals surface area contributed by atoms with Crippen LogP contribution in [-0.2, 0) is 14.3 Å². The number of esters is 1. The SMILES string of the molecule is CCCCCCCCCCCCCCCCCCCC(=O)OCCCCCCCCCCCCCCC(=O)NC(CO)C(O)CCCCCCCCCCCCCCCCCC. The quantitative estimate of drug-likeness (QED) is 0.0418. The number of unbranched alkanes of at least 4 members (excludes halogenated alkanes) is 42. The third-order valence-corrected chi connectivity index (χ3v) is 13.4. The van der Waals surface area contributed by atoms with Crippen molar-refractivity contribution in [2.45, 2.75) is 334 Å². The number of nitrogens with one attached hydrogen (secondary N) is 1. The molecule has 370 valence electrons. The smallest absolute Gasteiger partial charge is 0.305 e. The van der Waals surface area contributed by atoms with E-state index in [1.165, 1.54) is 231 Å². The predicted octanol–water partition coefficient (Wildman–Crippen LogP) is 17.1. The number of aliphatic hydroxyl groups excluding tert-OH is 2. The van der Waals surface area contributed by atoms with E-state index >= 15 is 0 Å². The minimum atomic E-state index is -0.673. The molecule has 6 heteroatoms. The van der Waals surface area contributed by atoms with E-state index in [-0.39, 0.29) is 18.5 Å². The third kappa shape index (κ3) is 48.3. The maximum Gasteiger partial charge on any atom is 0.305 e. The Hall–Kier alpha value is -1.14. The summed E-state index contributed by atoms with van der Waals surface area (Å²) in [4.78, 5) is 24.5. The number of amides is 1. The first kappa shape index (κ1) is 60.9. The van der Waals surface area contributed by atoms with E-state index in [0.717, 1.165) is 57.8 Å². The second kappa shape index (κ2) is 52.5. The molecule has 0 spiro atoms. The molecule has 0 aromatic heterocycles. The molecule has 2 atom stereocenters. The number of carbonyl (C=O) groups excluding carboxylic acids is 2. The van der Waals surface area contributed by atoms with Gasteiger partial charge in [0.15, 0.2) is 0 Å². The first-order valence-corrected chi connectivity index (χ1v) is 28.3. The van der Waals surface area contributed by atoms with Gasteiger partial charge >= 0.3 is 5.97 Å². The Kier molecular flexibility index (Phi) is 51.5. The Morgan fingerprint density at radius 3 is 0.984 bits per heavy atom. The highest BCUT2D eigenvalue weighted by Gasteiger charge is 2.20. The van der Waals surface area contributed by atoms with Gasteiger partial charge in [-0.1, -0.05) is 284 Å². The fourth-order valence-corrected chi connectivity index (χ4v) is 9.05. The molecule has 0 fully saturated rings. The van der Waals surface area contributed by atoms with Crippen molar-refractivity contribution in [2.24, 2.45) is 0 Å². The molecule has 0 rings (SSSR count). The van der Waals surface area contributed by atoms with Crippen molar-refractivity contribution in [3.05, 3.63) is 0 Å². The average molecular weight is 879 g/mol. The van der Waals surface area contributed by atoms with Gasteiger partial charge in [-0.25, -0.2) is 0 Å². The summed E-state index contributed by atoms with van der Waals surface area (Å²) in [6.07, 6.45) is 59.4. The van der Waals surface area contributed by atoms with Gasteiger partial charge in [-0.15, -0.1) is 0 Å². The molecule has 0 saturated heterocycles. The molecular formula is C56H111NO5. The van der Waals surface area contributed by atoms with Gasteiger partial charge in [0.25, 0.3) is 0 Å². The zero-order valence-corrected chi connectivity index (χ0v) is 42.1. The Balaban J connectivity index is 3.42. The number of aliphatic hydroxyl groups is 2. The predicted molar refractivity (Wildman–Crippen MR) is 269 cm³/mol. The fraction of sp³-hybridized carbons (Fsp3) is 0.964. The van der Waals surface area contributed by atoms with E-state index in [9.17, 15) is 19.8 Å². The third-order valence-electron chi connectivity index (χ3n) is 13.4. The van der Waals surface area contributed by atoms with E-state index in [0.29, 0.717) is 25.9 Å². The summed E-state index contributed by atoms with van der Waals surface area (Å²) in [6, 6.07) is -0.551. The van der Waals surface area contributed by atoms with E-state index < -0.39 is 12.1 Å². The Labute approximate surface area is 387 Å². The molecule has 1 amide bonds. The summed E-state index contributed by atoms with van der Waals surface area (Å²) in [7, 11) is 0. The summed E-state index contributed by atoms with van der Waals surface area (Å²) in [5, 5.41) is 23.3. The van der Waals surface area contributed by atoms with Crippen LogP contribution in [0.1, 0.15) is 322 Å². The van der Waals surface area contributed by atoms with E-state index in [4.69, 9.17) is 4.74 Å². The molecule has 62 heavy (non-hydrogen) atoms. The highest BCUT2D eigenvalue weighted by Crippen LogP contribution is 2.18. The first-order valence-electron chi connectivity index (χ1n) is 28.3. The van der Waals surface area contributed by atoms with Crippen molar-refractivity contribution >= 4 is 11.9 Å². The van der Waals surface area contributed by atoms with Gasteiger partial charge in [0.2, 0.25) is 5.91 Å². The maximum atomic E-state index is 12.5. The standard InChI is InChI=1S/C56H111NO5/c1-3-5-7-9-11-13-15-17-19-21-23-25-30-34-38-42-46-50-56(61)62-51-47-43-39-35-31-27-26-29-33-37-41-45-49-55(60)57-53(52-58)54(59)48-44-40-36-32-28-24-22-20-18-16-14-12-10-8-6-4-2/h53-54,58-59H,3-52H2,1-2H3,(H,57,60). The summed E-state index contributed by atoms with van der Waals surface area (Å²) in [5.41, 5.74) is 0. The highest BCUT2D eigenvalue weighted by molar-refractivity contribution is 5.76. The monoisotopic (exact) mass is 878 g/mol. The molecule has 0 aromatic carbocycles. The van der Waals surface area contributed by atoms with Crippen LogP contribution < -0.4 is 5.32 Å². The molecule has 0 saturated carbocycles. The van der Waals surface area contributed by atoms with Crippen LogP contribution >= 0.6 is 0 Å². The van der Waals surface area contributed by atoms with Crippen LogP contribution in [0, 0.1) is 0 Å². The minimum Gasteiger partial charge on any atom is -0.466 e. The lowest BCUT2D eigenvalue weighted by Gasteiger charge is -2.22. The molecule has 6 nitrogen and oxygen atoms in total. The molecule has 0 aliphatic carbocycles. The fourth-order valence-electron chi connectivity index (χ4n) is 9.05. The van der Waals surface area contributed by atoms with Gasteiger partial charge in [0, 0.05) is 12.8 Å². The average Bonchev–Trinajstić information content (AvgIpc) is 3.27. The van der Waals surface area contributed by atoms with Crippen LogP contribution in [0.15, 0.2) is 0 Å². The molecular weight excluding hydrogens is 767 g/mol. The number of rotatable bonds is 53. The van der Waals surface area contributed by atoms with Crippen LogP contribution in [0.4, 0.5) is 0 Å². The Bertz CT molecular complexity index is 882. The lowest BCUT2D eigenvalue weighted by atomic mass is 10.0. The van der Waals surface area contributed by atoms with E-state index in [1.54, 1.807) is 0 Å². The topological polar surface area (TPSA) is 95.9 Å². The molecule has 2 unspecified atom stereocenters. The van der Waals surface area contributed by atoms with Crippen LogP contribution in [0.2, 0.25) is 0 Å². The van der Waals surface area contributed by atoms with Crippen molar-refractivity contribution in [1.29, 1.82) is 0 Å². The van der Waals surface area contributed by atoms with E-state index in [1.807, 2.05) is 0 Å².